The van der Waals surface area contributed by atoms with Gasteiger partial charge in [0.2, 0.25) is 0 Å². The summed E-state index contributed by atoms with van der Waals surface area (Å²) in [5, 5.41) is 0. The molecule has 0 amide bonds. The molecule has 1 aliphatic heterocycles. The highest BCUT2D eigenvalue weighted by atomic mass is 19.1. The minimum atomic E-state index is -0.736. The first-order valence-corrected chi connectivity index (χ1v) is 12.5. The van der Waals surface area contributed by atoms with Gasteiger partial charge in [-0.05, 0) is 56.1 Å². The first-order valence-electron chi connectivity index (χ1n) is 12.5. The van der Waals surface area contributed by atoms with Crippen molar-refractivity contribution in [2.45, 2.75) is 26.7 Å². The molecule has 1 fully saturated rings. The van der Waals surface area contributed by atoms with Gasteiger partial charge in [0.15, 0.2) is 11.7 Å². The van der Waals surface area contributed by atoms with E-state index in [1.54, 1.807) is 16.8 Å². The van der Waals surface area contributed by atoms with Crippen LogP contribution in [0.25, 0.3) is 28.3 Å². The van der Waals surface area contributed by atoms with Crippen LogP contribution in [0.15, 0.2) is 63.9 Å². The maximum atomic E-state index is 14.8. The second-order valence-corrected chi connectivity index (χ2v) is 9.33. The van der Waals surface area contributed by atoms with E-state index in [4.69, 9.17) is 14.1 Å². The fourth-order valence-corrected chi connectivity index (χ4v) is 4.79. The molecule has 37 heavy (non-hydrogen) atoms. The van der Waals surface area contributed by atoms with Crippen molar-refractivity contribution in [1.29, 1.82) is 0 Å². The number of rotatable bonds is 7. The molecule has 0 aliphatic carbocycles. The third-order valence-electron chi connectivity index (χ3n) is 6.68. The molecule has 8 heteroatoms. The molecule has 3 heterocycles. The van der Waals surface area contributed by atoms with Crippen LogP contribution in [0.2, 0.25) is 0 Å². The molecule has 6 nitrogen and oxygen atoms in total. The van der Waals surface area contributed by atoms with Crippen LogP contribution in [0.1, 0.15) is 23.4 Å². The fourth-order valence-electron chi connectivity index (χ4n) is 4.79. The highest BCUT2D eigenvalue weighted by Gasteiger charge is 2.22. The number of pyridine rings is 1. The number of halogens is 2. The van der Waals surface area contributed by atoms with E-state index in [0.717, 1.165) is 62.1 Å². The number of para-hydroxylation sites is 1. The lowest BCUT2D eigenvalue weighted by atomic mass is 10.1. The topological polar surface area (TPSA) is 60.5 Å². The zero-order chi connectivity index (χ0) is 25.9. The molecule has 5 rings (SSSR count). The first-order chi connectivity index (χ1) is 17.9. The molecule has 0 radical (unpaired) electrons. The van der Waals surface area contributed by atoms with Gasteiger partial charge in [0.1, 0.15) is 17.3 Å². The van der Waals surface area contributed by atoms with E-state index < -0.39 is 11.6 Å². The molecule has 0 N–H and O–H groups in total. The Hall–Kier alpha value is -3.62. The monoisotopic (exact) mass is 505 g/mol. The second-order valence-electron chi connectivity index (χ2n) is 9.33. The lowest BCUT2D eigenvalue weighted by molar-refractivity contribution is 0.0373. The molecule has 2 aromatic heterocycles. The first kappa shape index (κ1) is 25.0. The highest BCUT2D eigenvalue weighted by Crippen LogP contribution is 2.35. The van der Waals surface area contributed by atoms with E-state index in [2.05, 4.69) is 4.90 Å². The third-order valence-corrected chi connectivity index (χ3v) is 6.68. The van der Waals surface area contributed by atoms with E-state index in [9.17, 15) is 13.6 Å². The Balaban J connectivity index is 1.54. The minimum Gasteiger partial charge on any atom is -0.440 e. The summed E-state index contributed by atoms with van der Waals surface area (Å²) in [7, 11) is 0. The molecule has 0 bridgehead atoms. The van der Waals surface area contributed by atoms with Gasteiger partial charge in [-0.1, -0.05) is 18.2 Å². The molecule has 1 aliphatic rings. The largest absolute Gasteiger partial charge is 0.440 e. The molecular formula is C29H29F2N3O3. The Bertz CT molecular complexity index is 1450. The molecule has 0 atom stereocenters. The maximum Gasteiger partial charge on any atom is 0.255 e. The summed E-state index contributed by atoms with van der Waals surface area (Å²) >= 11 is 0. The normalized spacial score (nSPS) is 14.3. The van der Waals surface area contributed by atoms with Crippen molar-refractivity contribution in [1.82, 2.24) is 14.5 Å². The molecule has 0 unspecified atom stereocenters. The Morgan fingerprint density at radius 2 is 1.76 bits per heavy atom. The Kier molecular flexibility index (Phi) is 7.30. The van der Waals surface area contributed by atoms with Crippen LogP contribution in [-0.2, 0) is 11.2 Å². The molecule has 192 valence electrons. The van der Waals surface area contributed by atoms with Crippen molar-refractivity contribution in [3.63, 3.8) is 0 Å². The number of aromatic nitrogens is 2. The van der Waals surface area contributed by atoms with Gasteiger partial charge < -0.3 is 9.15 Å². The van der Waals surface area contributed by atoms with Crippen LogP contribution in [0.4, 0.5) is 8.78 Å². The van der Waals surface area contributed by atoms with Crippen molar-refractivity contribution >= 4 is 0 Å². The van der Waals surface area contributed by atoms with Crippen LogP contribution >= 0.6 is 0 Å². The van der Waals surface area contributed by atoms with Gasteiger partial charge in [0, 0.05) is 43.4 Å². The van der Waals surface area contributed by atoms with Gasteiger partial charge in [-0.3, -0.25) is 14.3 Å². The zero-order valence-electron chi connectivity index (χ0n) is 21.0. The summed E-state index contributed by atoms with van der Waals surface area (Å²) < 4.78 is 41.6. The molecule has 0 spiro atoms. The standard InChI is InChI=1S/C29H29F2N3O3/c1-19-5-3-6-20(2)28(19)34-18-21(8-11-26(34)35)27-29(23-10-9-22(30)17-24(23)31)37-25(32-27)7-4-12-33-13-15-36-16-14-33/h3,5-6,8-11,17-18H,4,7,12-16H2,1-2H3. The van der Waals surface area contributed by atoms with Crippen molar-refractivity contribution in [3.8, 4) is 28.3 Å². The quantitative estimate of drug-likeness (QED) is 0.340. The van der Waals surface area contributed by atoms with Crippen molar-refractivity contribution in [2.75, 3.05) is 32.8 Å². The summed E-state index contributed by atoms with van der Waals surface area (Å²) in [6, 6.07) is 12.4. The lowest BCUT2D eigenvalue weighted by Crippen LogP contribution is -2.36. The summed E-state index contributed by atoms with van der Waals surface area (Å²) in [6.07, 6.45) is 3.08. The molecule has 4 aromatic rings. The number of ether oxygens (including phenoxy) is 1. The second kappa shape index (κ2) is 10.8. The minimum absolute atomic E-state index is 0.119. The molecular weight excluding hydrogens is 476 g/mol. The summed E-state index contributed by atoms with van der Waals surface area (Å²) in [5.74, 6) is -0.727. The number of aryl methyl sites for hydroxylation is 3. The Labute approximate surface area is 214 Å². The number of morpholine rings is 1. The molecule has 0 saturated carbocycles. The third kappa shape index (κ3) is 5.40. The van der Waals surface area contributed by atoms with Gasteiger partial charge in [-0.25, -0.2) is 13.8 Å². The maximum absolute atomic E-state index is 14.8. The number of hydrogen-bond acceptors (Lipinski definition) is 5. The average molecular weight is 506 g/mol. The average Bonchev–Trinajstić information content (AvgIpc) is 3.29. The number of benzene rings is 2. The number of nitrogens with zero attached hydrogens (tertiary/aromatic N) is 3. The predicted molar refractivity (Wildman–Crippen MR) is 138 cm³/mol. The van der Waals surface area contributed by atoms with E-state index >= 15 is 0 Å². The fraction of sp³-hybridized carbons (Fsp3) is 0.310. The number of hydrogen-bond donors (Lipinski definition) is 0. The van der Waals surface area contributed by atoms with Gasteiger partial charge in [0.25, 0.3) is 5.56 Å². The van der Waals surface area contributed by atoms with Gasteiger partial charge >= 0.3 is 0 Å². The summed E-state index contributed by atoms with van der Waals surface area (Å²) in [4.78, 5) is 19.9. The molecule has 1 saturated heterocycles. The van der Waals surface area contributed by atoms with E-state index in [-0.39, 0.29) is 16.9 Å². The number of oxazole rings is 1. The summed E-state index contributed by atoms with van der Waals surface area (Å²) in [5.41, 5.74) is 3.63. The smallest absolute Gasteiger partial charge is 0.255 e. The summed E-state index contributed by atoms with van der Waals surface area (Å²) in [6.45, 7) is 8.01. The lowest BCUT2D eigenvalue weighted by Gasteiger charge is -2.26. The van der Waals surface area contributed by atoms with Crippen LogP contribution in [0.3, 0.4) is 0 Å². The van der Waals surface area contributed by atoms with Crippen molar-refractivity contribution in [3.05, 3.63) is 93.7 Å². The van der Waals surface area contributed by atoms with Crippen LogP contribution in [0, 0.1) is 25.5 Å². The van der Waals surface area contributed by atoms with Crippen molar-refractivity contribution < 1.29 is 17.9 Å². The van der Waals surface area contributed by atoms with E-state index in [0.29, 0.717) is 23.6 Å². The van der Waals surface area contributed by atoms with Crippen molar-refractivity contribution in [2.24, 2.45) is 0 Å². The Morgan fingerprint density at radius 3 is 2.49 bits per heavy atom. The van der Waals surface area contributed by atoms with E-state index in [1.807, 2.05) is 32.0 Å². The highest BCUT2D eigenvalue weighted by molar-refractivity contribution is 5.77. The Morgan fingerprint density at radius 1 is 1.00 bits per heavy atom. The van der Waals surface area contributed by atoms with Gasteiger partial charge in [-0.15, -0.1) is 0 Å². The van der Waals surface area contributed by atoms with Crippen LogP contribution in [0.5, 0.6) is 0 Å². The zero-order valence-corrected chi connectivity index (χ0v) is 21.0. The molecule has 2 aromatic carbocycles. The van der Waals surface area contributed by atoms with Gasteiger partial charge in [-0.2, -0.15) is 0 Å². The van der Waals surface area contributed by atoms with E-state index in [1.165, 1.54) is 18.2 Å². The van der Waals surface area contributed by atoms with Crippen LogP contribution < -0.4 is 5.56 Å². The van der Waals surface area contributed by atoms with Crippen LogP contribution in [-0.4, -0.2) is 47.3 Å². The van der Waals surface area contributed by atoms with Gasteiger partial charge in [0.05, 0.1) is 24.5 Å². The predicted octanol–water partition coefficient (Wildman–Crippen LogP) is 5.32. The SMILES string of the molecule is Cc1cccc(C)c1-n1cc(-c2nc(CCCN3CCOCC3)oc2-c2ccc(F)cc2F)ccc1=O.